The largest absolute Gasteiger partial charge is 0.357 e. The van der Waals surface area contributed by atoms with Gasteiger partial charge in [-0.3, -0.25) is 9.59 Å². The number of rotatable bonds is 4. The van der Waals surface area contributed by atoms with Crippen molar-refractivity contribution in [2.75, 3.05) is 7.05 Å². The average Bonchev–Trinajstić information content (AvgIpc) is 2.89. The maximum absolute atomic E-state index is 13.0. The summed E-state index contributed by atoms with van der Waals surface area (Å²) < 4.78 is 13.0. The third kappa shape index (κ3) is 3.51. The van der Waals surface area contributed by atoms with E-state index < -0.39 is 6.04 Å². The zero-order chi connectivity index (χ0) is 16.3. The molecule has 1 aromatic heterocycles. The first kappa shape index (κ1) is 16.2. The van der Waals surface area contributed by atoms with Gasteiger partial charge in [-0.1, -0.05) is 12.1 Å². The summed E-state index contributed by atoms with van der Waals surface area (Å²) in [6.07, 6.45) is 0. The quantitative estimate of drug-likeness (QED) is 0.910. The van der Waals surface area contributed by atoms with E-state index in [1.54, 1.807) is 25.1 Å². The number of nitrogens with one attached hydrogen (secondary N) is 2. The van der Waals surface area contributed by atoms with E-state index in [-0.39, 0.29) is 17.6 Å². The Labute approximate surface area is 132 Å². The molecule has 0 spiro atoms. The van der Waals surface area contributed by atoms with Crippen molar-refractivity contribution in [3.05, 3.63) is 45.9 Å². The van der Waals surface area contributed by atoms with Crippen LogP contribution in [0.1, 0.15) is 21.5 Å². The van der Waals surface area contributed by atoms with E-state index in [9.17, 15) is 14.0 Å². The molecule has 0 saturated heterocycles. The summed E-state index contributed by atoms with van der Waals surface area (Å²) in [5.74, 6) is -0.841. The second-order valence-electron chi connectivity index (χ2n) is 4.90. The van der Waals surface area contributed by atoms with Crippen LogP contribution in [-0.4, -0.2) is 24.9 Å². The van der Waals surface area contributed by atoms with Gasteiger partial charge >= 0.3 is 0 Å². The molecule has 116 valence electrons. The fourth-order valence-electron chi connectivity index (χ4n) is 2.06. The van der Waals surface area contributed by atoms with Gasteiger partial charge in [0.15, 0.2) is 0 Å². The average molecular weight is 320 g/mol. The molecule has 0 aliphatic heterocycles. The molecule has 2 amide bonds. The molecule has 6 heteroatoms. The molecule has 1 heterocycles. The van der Waals surface area contributed by atoms with Gasteiger partial charge in [0.1, 0.15) is 11.9 Å². The molecule has 2 N–H and O–H groups in total. The smallest absolute Gasteiger partial charge is 0.262 e. The van der Waals surface area contributed by atoms with E-state index >= 15 is 0 Å². The highest BCUT2D eigenvalue weighted by Gasteiger charge is 2.18. The number of aryl methyl sites for hydroxylation is 1. The van der Waals surface area contributed by atoms with E-state index in [0.717, 1.165) is 16.0 Å². The number of carbonyl (C=O) groups is 2. The summed E-state index contributed by atoms with van der Waals surface area (Å²) in [4.78, 5) is 25.1. The molecule has 2 aromatic rings. The van der Waals surface area contributed by atoms with Crippen LogP contribution in [0.4, 0.5) is 4.39 Å². The standard InChI is InChI=1S/C16H17FN2O2S/c1-9(15(20)18-3)19-16(21)14-8-13(10(2)22-14)11-4-6-12(17)7-5-11/h4-9H,1-3H3,(H,18,20)(H,19,21)/t9-/m1/s1. The number of amides is 2. The zero-order valence-electron chi connectivity index (χ0n) is 12.6. The molecule has 1 aromatic carbocycles. The lowest BCUT2D eigenvalue weighted by Crippen LogP contribution is -2.43. The van der Waals surface area contributed by atoms with Crippen molar-refractivity contribution in [3.8, 4) is 11.1 Å². The Balaban J connectivity index is 2.20. The summed E-state index contributed by atoms with van der Waals surface area (Å²) in [5, 5.41) is 5.13. The van der Waals surface area contributed by atoms with Gasteiger partial charge in [0.25, 0.3) is 5.91 Å². The summed E-state index contributed by atoms with van der Waals surface area (Å²) in [6.45, 7) is 3.53. The predicted molar refractivity (Wildman–Crippen MR) is 85.4 cm³/mol. The molecular weight excluding hydrogens is 303 g/mol. The van der Waals surface area contributed by atoms with E-state index in [2.05, 4.69) is 10.6 Å². The van der Waals surface area contributed by atoms with Crippen molar-refractivity contribution >= 4 is 23.2 Å². The monoisotopic (exact) mass is 320 g/mol. The Morgan fingerprint density at radius 3 is 2.45 bits per heavy atom. The van der Waals surface area contributed by atoms with E-state index in [0.29, 0.717) is 4.88 Å². The fourth-order valence-corrected chi connectivity index (χ4v) is 3.00. The Morgan fingerprint density at radius 2 is 1.86 bits per heavy atom. The Bertz CT molecular complexity index is 695. The minimum atomic E-state index is -0.603. The van der Waals surface area contributed by atoms with Crippen molar-refractivity contribution in [3.63, 3.8) is 0 Å². The van der Waals surface area contributed by atoms with Crippen LogP contribution in [0.15, 0.2) is 30.3 Å². The van der Waals surface area contributed by atoms with Crippen molar-refractivity contribution in [2.45, 2.75) is 19.9 Å². The summed E-state index contributed by atoms with van der Waals surface area (Å²) in [5.41, 5.74) is 1.75. The zero-order valence-corrected chi connectivity index (χ0v) is 13.4. The molecule has 0 bridgehead atoms. The van der Waals surface area contributed by atoms with Crippen LogP contribution in [0, 0.1) is 12.7 Å². The third-order valence-corrected chi connectivity index (χ3v) is 4.33. The number of hydrogen-bond donors (Lipinski definition) is 2. The van der Waals surface area contributed by atoms with Gasteiger partial charge in [0, 0.05) is 11.9 Å². The Morgan fingerprint density at radius 1 is 1.23 bits per heavy atom. The Kier molecular flexibility index (Phi) is 4.92. The highest BCUT2D eigenvalue weighted by atomic mass is 32.1. The van der Waals surface area contributed by atoms with Crippen LogP contribution in [0.25, 0.3) is 11.1 Å². The maximum atomic E-state index is 13.0. The highest BCUT2D eigenvalue weighted by Crippen LogP contribution is 2.31. The molecule has 0 saturated carbocycles. The number of hydrogen-bond acceptors (Lipinski definition) is 3. The minimum Gasteiger partial charge on any atom is -0.357 e. The number of thiophene rings is 1. The van der Waals surface area contributed by atoms with E-state index in [1.807, 2.05) is 6.92 Å². The van der Waals surface area contributed by atoms with Gasteiger partial charge in [-0.05, 0) is 43.2 Å². The van der Waals surface area contributed by atoms with Gasteiger partial charge in [-0.2, -0.15) is 0 Å². The summed E-state index contributed by atoms with van der Waals surface area (Å²) >= 11 is 1.35. The molecule has 0 aliphatic carbocycles. The normalized spacial score (nSPS) is 11.8. The lowest BCUT2D eigenvalue weighted by molar-refractivity contribution is -0.122. The van der Waals surface area contributed by atoms with Gasteiger partial charge in [-0.15, -0.1) is 11.3 Å². The lowest BCUT2D eigenvalue weighted by atomic mass is 10.1. The van der Waals surface area contributed by atoms with Gasteiger partial charge < -0.3 is 10.6 Å². The third-order valence-electron chi connectivity index (χ3n) is 3.28. The molecule has 22 heavy (non-hydrogen) atoms. The van der Waals surface area contributed by atoms with Crippen LogP contribution in [0.3, 0.4) is 0 Å². The number of benzene rings is 1. The molecule has 0 fully saturated rings. The van der Waals surface area contributed by atoms with Crippen molar-refractivity contribution in [1.82, 2.24) is 10.6 Å². The van der Waals surface area contributed by atoms with Gasteiger partial charge in [-0.25, -0.2) is 4.39 Å². The van der Waals surface area contributed by atoms with Gasteiger partial charge in [0.2, 0.25) is 5.91 Å². The molecule has 0 unspecified atom stereocenters. The van der Waals surface area contributed by atoms with Crippen LogP contribution in [0.2, 0.25) is 0 Å². The summed E-state index contributed by atoms with van der Waals surface area (Å²) in [7, 11) is 1.52. The van der Waals surface area contributed by atoms with Crippen LogP contribution >= 0.6 is 11.3 Å². The highest BCUT2D eigenvalue weighted by molar-refractivity contribution is 7.14. The van der Waals surface area contributed by atoms with Gasteiger partial charge in [0.05, 0.1) is 4.88 Å². The Hall–Kier alpha value is -2.21. The summed E-state index contributed by atoms with van der Waals surface area (Å²) in [6, 6.07) is 7.30. The van der Waals surface area contributed by atoms with E-state index in [4.69, 9.17) is 0 Å². The SMILES string of the molecule is CNC(=O)[C@@H](C)NC(=O)c1cc(-c2ccc(F)cc2)c(C)s1. The first-order valence-electron chi connectivity index (χ1n) is 6.81. The molecule has 0 aliphatic rings. The maximum Gasteiger partial charge on any atom is 0.262 e. The topological polar surface area (TPSA) is 58.2 Å². The predicted octanol–water partition coefficient (Wildman–Crippen LogP) is 2.73. The minimum absolute atomic E-state index is 0.250. The second kappa shape index (κ2) is 6.70. The van der Waals surface area contributed by atoms with E-state index in [1.165, 1.54) is 30.5 Å². The number of carbonyl (C=O) groups excluding carboxylic acids is 2. The molecular formula is C16H17FN2O2S. The fraction of sp³-hybridized carbons (Fsp3) is 0.250. The van der Waals surface area contributed by atoms with Crippen LogP contribution in [-0.2, 0) is 4.79 Å². The number of halogens is 1. The van der Waals surface area contributed by atoms with Crippen molar-refractivity contribution < 1.29 is 14.0 Å². The molecule has 2 rings (SSSR count). The molecule has 1 atom stereocenters. The van der Waals surface area contributed by atoms with Crippen molar-refractivity contribution in [1.29, 1.82) is 0 Å². The lowest BCUT2D eigenvalue weighted by Gasteiger charge is -2.10. The van der Waals surface area contributed by atoms with Crippen LogP contribution in [0.5, 0.6) is 0 Å². The number of likely N-dealkylation sites (N-methyl/N-ethyl adjacent to an activating group) is 1. The van der Waals surface area contributed by atoms with Crippen LogP contribution < -0.4 is 10.6 Å². The first-order chi connectivity index (χ1) is 10.4. The van der Waals surface area contributed by atoms with Crippen molar-refractivity contribution in [2.24, 2.45) is 0 Å². The molecule has 0 radical (unpaired) electrons. The molecule has 4 nitrogen and oxygen atoms in total. The second-order valence-corrected chi connectivity index (χ2v) is 6.15. The first-order valence-corrected chi connectivity index (χ1v) is 7.63.